The van der Waals surface area contributed by atoms with Crippen LogP contribution in [0.3, 0.4) is 0 Å². The number of benzene rings is 1. The van der Waals surface area contributed by atoms with Gasteiger partial charge in [-0.05, 0) is 49.8 Å². The number of hydrogen-bond acceptors (Lipinski definition) is 3. The minimum Gasteiger partial charge on any atom is -0.378 e. The molecule has 0 radical (unpaired) electrons. The first kappa shape index (κ1) is 20.2. The Morgan fingerprint density at radius 1 is 1.30 bits per heavy atom. The molecule has 0 aromatic heterocycles. The molecular formula is C21H29ClN2O3. The van der Waals surface area contributed by atoms with Gasteiger partial charge in [-0.15, -0.1) is 0 Å². The molecule has 0 spiro atoms. The second-order valence-corrected chi connectivity index (χ2v) is 8.40. The Morgan fingerprint density at radius 3 is 2.59 bits per heavy atom. The van der Waals surface area contributed by atoms with Gasteiger partial charge in [0.05, 0.1) is 11.5 Å². The van der Waals surface area contributed by atoms with Gasteiger partial charge in [0.15, 0.2) is 0 Å². The molecule has 148 valence electrons. The van der Waals surface area contributed by atoms with Gasteiger partial charge in [0, 0.05) is 45.2 Å². The highest BCUT2D eigenvalue weighted by atomic mass is 35.5. The van der Waals surface area contributed by atoms with Crippen LogP contribution in [0.5, 0.6) is 0 Å². The molecule has 2 aliphatic rings. The molecule has 0 saturated carbocycles. The number of carbonyl (C=O) groups excluding carboxylic acids is 2. The van der Waals surface area contributed by atoms with Gasteiger partial charge >= 0.3 is 0 Å². The first-order chi connectivity index (χ1) is 12.9. The summed E-state index contributed by atoms with van der Waals surface area (Å²) in [6.07, 6.45) is 5.20. The van der Waals surface area contributed by atoms with E-state index in [0.717, 1.165) is 44.4 Å². The van der Waals surface area contributed by atoms with Crippen LogP contribution < -0.4 is 0 Å². The molecule has 1 unspecified atom stereocenters. The van der Waals surface area contributed by atoms with E-state index in [2.05, 4.69) is 0 Å². The zero-order valence-electron chi connectivity index (χ0n) is 16.2. The van der Waals surface area contributed by atoms with Crippen LogP contribution in [0.25, 0.3) is 0 Å². The van der Waals surface area contributed by atoms with Gasteiger partial charge in [-0.25, -0.2) is 0 Å². The summed E-state index contributed by atoms with van der Waals surface area (Å²) in [5, 5.41) is 0.685. The number of ether oxygens (including phenoxy) is 1. The van der Waals surface area contributed by atoms with Crippen LogP contribution in [-0.2, 0) is 20.7 Å². The van der Waals surface area contributed by atoms with Crippen molar-refractivity contribution < 1.29 is 14.3 Å². The maximum absolute atomic E-state index is 13.2. The van der Waals surface area contributed by atoms with Crippen LogP contribution in [0.4, 0.5) is 0 Å². The third-order valence-electron chi connectivity index (χ3n) is 5.73. The van der Waals surface area contributed by atoms with Crippen molar-refractivity contribution in [2.24, 2.45) is 5.41 Å². The Kier molecular flexibility index (Phi) is 6.43. The van der Waals surface area contributed by atoms with Gasteiger partial charge in [0.1, 0.15) is 0 Å². The zero-order chi connectivity index (χ0) is 19.4. The van der Waals surface area contributed by atoms with E-state index in [0.29, 0.717) is 30.6 Å². The Hall–Kier alpha value is -1.59. The van der Waals surface area contributed by atoms with Crippen molar-refractivity contribution in [2.75, 3.05) is 33.3 Å². The molecule has 2 saturated heterocycles. The fraction of sp³-hybridized carbons (Fsp3) is 0.619. The minimum absolute atomic E-state index is 0.0237. The fourth-order valence-corrected chi connectivity index (χ4v) is 4.28. The summed E-state index contributed by atoms with van der Waals surface area (Å²) in [6.45, 7) is 4.12. The second kappa shape index (κ2) is 8.61. The van der Waals surface area contributed by atoms with Gasteiger partial charge in [0.2, 0.25) is 11.8 Å². The summed E-state index contributed by atoms with van der Waals surface area (Å²) in [5.41, 5.74) is 0.543. The Bertz CT molecular complexity index is 665. The average Bonchev–Trinajstić information content (AvgIpc) is 3.12. The third-order valence-corrected chi connectivity index (χ3v) is 5.98. The summed E-state index contributed by atoms with van der Waals surface area (Å²) in [6, 6.07) is 7.63. The van der Waals surface area contributed by atoms with Gasteiger partial charge in [-0.2, -0.15) is 0 Å². The minimum atomic E-state index is -0.530. The molecule has 1 aromatic carbocycles. The molecule has 6 heteroatoms. The lowest BCUT2D eigenvalue weighted by atomic mass is 9.73. The quantitative estimate of drug-likeness (QED) is 0.716. The standard InChI is InChI=1S/C21H29ClN2O3/c1-16(25)24-14-21(15-24,13-17-7-9-18(22)10-8-17)20(26)23(2)11-3-5-19-6-4-12-27-19/h7-10,19H,3-6,11-15H2,1-2H3. The number of rotatable bonds is 7. The van der Waals surface area contributed by atoms with Gasteiger partial charge < -0.3 is 14.5 Å². The number of halogens is 1. The molecule has 0 aliphatic carbocycles. The molecule has 2 fully saturated rings. The number of nitrogens with zero attached hydrogens (tertiary/aromatic N) is 2. The lowest BCUT2D eigenvalue weighted by Crippen LogP contribution is -2.65. The first-order valence-electron chi connectivity index (χ1n) is 9.77. The SMILES string of the molecule is CC(=O)N1CC(Cc2ccc(Cl)cc2)(C(=O)N(C)CCCC2CCCO2)C1. The van der Waals surface area contributed by atoms with Crippen molar-refractivity contribution in [3.63, 3.8) is 0 Å². The molecule has 2 aliphatic heterocycles. The Balaban J connectivity index is 1.61. The number of likely N-dealkylation sites (tertiary alicyclic amines) is 1. The Morgan fingerprint density at radius 2 is 2.00 bits per heavy atom. The van der Waals surface area contributed by atoms with E-state index in [4.69, 9.17) is 16.3 Å². The van der Waals surface area contributed by atoms with Crippen LogP contribution in [0.2, 0.25) is 5.02 Å². The van der Waals surface area contributed by atoms with E-state index < -0.39 is 5.41 Å². The number of amides is 2. The van der Waals surface area contributed by atoms with Gasteiger partial charge in [0.25, 0.3) is 0 Å². The van der Waals surface area contributed by atoms with Crippen LogP contribution in [-0.4, -0.2) is 61.0 Å². The predicted molar refractivity (Wildman–Crippen MR) is 106 cm³/mol. The van der Waals surface area contributed by atoms with Crippen molar-refractivity contribution >= 4 is 23.4 Å². The zero-order valence-corrected chi connectivity index (χ0v) is 17.0. The van der Waals surface area contributed by atoms with Gasteiger partial charge in [-0.3, -0.25) is 9.59 Å². The summed E-state index contributed by atoms with van der Waals surface area (Å²) in [5.74, 6) is 0.151. The van der Waals surface area contributed by atoms with Crippen molar-refractivity contribution in [1.82, 2.24) is 9.80 Å². The smallest absolute Gasteiger partial charge is 0.232 e. The molecule has 2 amide bonds. The summed E-state index contributed by atoms with van der Waals surface area (Å²) in [7, 11) is 1.87. The van der Waals surface area contributed by atoms with E-state index in [9.17, 15) is 9.59 Å². The highest BCUT2D eigenvalue weighted by molar-refractivity contribution is 6.30. The van der Waals surface area contributed by atoms with E-state index >= 15 is 0 Å². The summed E-state index contributed by atoms with van der Waals surface area (Å²) in [4.78, 5) is 28.5. The Labute approximate surface area is 166 Å². The van der Waals surface area contributed by atoms with Crippen LogP contribution in [0.1, 0.15) is 38.2 Å². The van der Waals surface area contributed by atoms with Crippen molar-refractivity contribution in [1.29, 1.82) is 0 Å². The number of carbonyl (C=O) groups is 2. The van der Waals surface area contributed by atoms with Crippen molar-refractivity contribution in [3.8, 4) is 0 Å². The normalized spacial score (nSPS) is 21.0. The van der Waals surface area contributed by atoms with E-state index in [1.807, 2.05) is 36.2 Å². The second-order valence-electron chi connectivity index (χ2n) is 7.96. The van der Waals surface area contributed by atoms with Crippen molar-refractivity contribution in [2.45, 2.75) is 45.1 Å². The summed E-state index contributed by atoms with van der Waals surface area (Å²) >= 11 is 5.98. The third kappa shape index (κ3) is 4.82. The van der Waals surface area contributed by atoms with E-state index in [-0.39, 0.29) is 11.8 Å². The van der Waals surface area contributed by atoms with Crippen LogP contribution in [0.15, 0.2) is 24.3 Å². The van der Waals surface area contributed by atoms with Crippen LogP contribution >= 0.6 is 11.6 Å². The molecule has 0 bridgehead atoms. The van der Waals surface area contributed by atoms with E-state index in [1.165, 1.54) is 0 Å². The predicted octanol–water partition coefficient (Wildman–Crippen LogP) is 3.15. The molecule has 0 N–H and O–H groups in total. The molecule has 2 heterocycles. The monoisotopic (exact) mass is 392 g/mol. The maximum Gasteiger partial charge on any atom is 0.232 e. The topological polar surface area (TPSA) is 49.9 Å². The van der Waals surface area contributed by atoms with Crippen molar-refractivity contribution in [3.05, 3.63) is 34.9 Å². The van der Waals surface area contributed by atoms with Gasteiger partial charge in [-0.1, -0.05) is 23.7 Å². The maximum atomic E-state index is 13.2. The summed E-state index contributed by atoms with van der Waals surface area (Å²) < 4.78 is 5.67. The van der Waals surface area contributed by atoms with E-state index in [1.54, 1.807) is 11.8 Å². The number of hydrogen-bond donors (Lipinski definition) is 0. The highest BCUT2D eigenvalue weighted by Crippen LogP contribution is 2.36. The van der Waals surface area contributed by atoms with Crippen LogP contribution in [0, 0.1) is 5.41 Å². The molecule has 3 rings (SSSR count). The molecule has 1 atom stereocenters. The molecule has 5 nitrogen and oxygen atoms in total. The molecule has 27 heavy (non-hydrogen) atoms. The first-order valence-corrected chi connectivity index (χ1v) is 10.1. The lowest BCUT2D eigenvalue weighted by molar-refractivity contribution is -0.158. The average molecular weight is 393 g/mol. The molecule has 1 aromatic rings. The fourth-order valence-electron chi connectivity index (χ4n) is 4.16. The largest absolute Gasteiger partial charge is 0.378 e. The molecular weight excluding hydrogens is 364 g/mol. The lowest BCUT2D eigenvalue weighted by Gasteiger charge is -2.50. The highest BCUT2D eigenvalue weighted by Gasteiger charge is 2.51.